The molecule has 1 unspecified atom stereocenters. The van der Waals surface area contributed by atoms with E-state index in [-0.39, 0.29) is 11.4 Å². The van der Waals surface area contributed by atoms with E-state index in [9.17, 15) is 15.3 Å². The van der Waals surface area contributed by atoms with Gasteiger partial charge in [0.15, 0.2) is 0 Å². The molecule has 0 aromatic rings. The first-order valence-corrected chi connectivity index (χ1v) is 5.04. The summed E-state index contributed by atoms with van der Waals surface area (Å²) in [7, 11) is 0. The maximum atomic E-state index is 9.30. The van der Waals surface area contributed by atoms with E-state index in [2.05, 4.69) is 0 Å². The van der Waals surface area contributed by atoms with Crippen molar-refractivity contribution in [1.29, 1.82) is 0 Å². The van der Waals surface area contributed by atoms with E-state index in [1.807, 2.05) is 0 Å². The van der Waals surface area contributed by atoms with Gasteiger partial charge in [-0.15, -0.1) is 0 Å². The molecule has 0 aromatic carbocycles. The summed E-state index contributed by atoms with van der Waals surface area (Å²) in [6, 6.07) is 0. The number of nitrogens with two attached hydrogens (primary N) is 2. The normalized spacial score (nSPS) is 28.0. The molecule has 0 saturated carbocycles. The maximum absolute atomic E-state index is 9.30. The van der Waals surface area contributed by atoms with Gasteiger partial charge in [-0.1, -0.05) is 4.64 Å². The molecule has 8 N–H and O–H groups in total. The van der Waals surface area contributed by atoms with Gasteiger partial charge in [0.1, 0.15) is 24.9 Å². The molecule has 0 fully saturated rings. The molecule has 0 amide bonds. The van der Waals surface area contributed by atoms with Gasteiger partial charge in [0.05, 0.1) is 13.2 Å². The Hall–Kier alpha value is -0.650. The Labute approximate surface area is 103 Å². The molecule has 1 heterocycles. The summed E-state index contributed by atoms with van der Waals surface area (Å²) in [5, 5.41) is 38.7. The third-order valence-electron chi connectivity index (χ3n) is 2.64. The fraction of sp³-hybridized carbons (Fsp3) is 0.714. The Morgan fingerprint density at radius 2 is 1.76 bits per heavy atom. The highest BCUT2D eigenvalue weighted by Crippen LogP contribution is 2.31. The van der Waals surface area contributed by atoms with Gasteiger partial charge < -0.3 is 31.9 Å². The largest absolute Gasteiger partial charge is 0.393 e. The Balaban J connectivity index is 3.32. The number of nitrogens with zero attached hydrogens (tertiary/aromatic N) is 3. The standard InChI is InChI=1S/C7H16ClN5O4/c8-13-11(3-16)6(9)5(1-14)7(10,2-15)12(13)4-17/h14-17H,1-4,9-10H2. The van der Waals surface area contributed by atoms with Crippen molar-refractivity contribution in [2.24, 2.45) is 11.5 Å². The van der Waals surface area contributed by atoms with Gasteiger partial charge in [-0.2, -0.15) is 5.01 Å². The highest BCUT2D eigenvalue weighted by Gasteiger charge is 2.47. The van der Waals surface area contributed by atoms with Gasteiger partial charge in [-0.3, -0.25) is 0 Å². The lowest BCUT2D eigenvalue weighted by Gasteiger charge is -2.50. The van der Waals surface area contributed by atoms with E-state index >= 15 is 0 Å². The molecule has 0 bridgehead atoms. The molecule has 0 aliphatic carbocycles. The minimum Gasteiger partial charge on any atom is -0.393 e. The number of hydrogen-bond donors (Lipinski definition) is 6. The molecular weight excluding hydrogens is 254 g/mol. The summed E-state index contributed by atoms with van der Waals surface area (Å²) in [5.74, 6) is -0.0914. The number of hydrogen-bond acceptors (Lipinski definition) is 9. The summed E-state index contributed by atoms with van der Waals surface area (Å²) in [4.78, 5) is 0. The smallest absolute Gasteiger partial charge is 0.139 e. The number of rotatable bonds is 4. The van der Waals surface area contributed by atoms with Crippen molar-refractivity contribution < 1.29 is 20.4 Å². The summed E-state index contributed by atoms with van der Waals surface area (Å²) < 4.78 is 0.755. The molecule has 0 saturated heterocycles. The topological polar surface area (TPSA) is 143 Å². The zero-order valence-electron chi connectivity index (χ0n) is 8.99. The number of aliphatic hydroxyl groups is 4. The van der Waals surface area contributed by atoms with E-state index in [0.29, 0.717) is 0 Å². The van der Waals surface area contributed by atoms with Crippen molar-refractivity contribution >= 4 is 11.8 Å². The second-order valence-corrected chi connectivity index (χ2v) is 3.73. The zero-order chi connectivity index (χ0) is 13.2. The van der Waals surface area contributed by atoms with Crippen molar-refractivity contribution in [2.45, 2.75) is 5.66 Å². The molecule has 10 heteroatoms. The SMILES string of the molecule is NC1=C(CO)C(N)(CO)N(CO)N(Cl)N1CO. The van der Waals surface area contributed by atoms with Crippen LogP contribution in [0.2, 0.25) is 0 Å². The molecule has 9 nitrogen and oxygen atoms in total. The molecule has 1 atom stereocenters. The van der Waals surface area contributed by atoms with Crippen LogP contribution in [-0.2, 0) is 0 Å². The van der Waals surface area contributed by atoms with Crippen LogP contribution in [0.4, 0.5) is 0 Å². The third kappa shape index (κ3) is 2.07. The van der Waals surface area contributed by atoms with Crippen LogP contribution in [0.5, 0.6) is 0 Å². The van der Waals surface area contributed by atoms with Crippen molar-refractivity contribution in [3.63, 3.8) is 0 Å². The first kappa shape index (κ1) is 14.4. The lowest BCUT2D eigenvalue weighted by molar-refractivity contribution is -0.217. The monoisotopic (exact) mass is 269 g/mol. The quantitative estimate of drug-likeness (QED) is 0.288. The fourth-order valence-electron chi connectivity index (χ4n) is 1.60. The Bertz CT molecular complexity index is 317. The Morgan fingerprint density at radius 1 is 1.18 bits per heavy atom. The van der Waals surface area contributed by atoms with Crippen LogP contribution in [0.1, 0.15) is 0 Å². The lowest BCUT2D eigenvalue weighted by atomic mass is 10.00. The molecule has 1 aliphatic heterocycles. The predicted octanol–water partition coefficient (Wildman–Crippen LogP) is -3.40. The van der Waals surface area contributed by atoms with Gasteiger partial charge in [-0.05, 0) is 0 Å². The molecular formula is C7H16ClN5O4. The van der Waals surface area contributed by atoms with E-state index in [1.165, 1.54) is 0 Å². The van der Waals surface area contributed by atoms with Crippen molar-refractivity contribution in [3.05, 3.63) is 11.4 Å². The van der Waals surface area contributed by atoms with Gasteiger partial charge >= 0.3 is 0 Å². The highest BCUT2D eigenvalue weighted by molar-refractivity contribution is 6.12. The Morgan fingerprint density at radius 3 is 2.12 bits per heavy atom. The van der Waals surface area contributed by atoms with Crippen molar-refractivity contribution in [1.82, 2.24) is 14.7 Å². The van der Waals surface area contributed by atoms with Gasteiger partial charge in [0.2, 0.25) is 0 Å². The van der Waals surface area contributed by atoms with E-state index in [1.54, 1.807) is 0 Å². The fourth-order valence-corrected chi connectivity index (χ4v) is 1.91. The second kappa shape index (κ2) is 5.33. The molecule has 0 aromatic heterocycles. The van der Waals surface area contributed by atoms with Crippen molar-refractivity contribution in [3.8, 4) is 0 Å². The van der Waals surface area contributed by atoms with E-state index < -0.39 is 32.3 Å². The van der Waals surface area contributed by atoms with Crippen LogP contribution in [0.15, 0.2) is 11.4 Å². The maximum Gasteiger partial charge on any atom is 0.139 e. The Kier molecular flexibility index (Phi) is 4.52. The van der Waals surface area contributed by atoms with Gasteiger partial charge in [0.25, 0.3) is 0 Å². The summed E-state index contributed by atoms with van der Waals surface area (Å²) in [6.07, 6.45) is 0. The minimum absolute atomic E-state index is 0.0417. The van der Waals surface area contributed by atoms with Crippen LogP contribution < -0.4 is 11.5 Å². The van der Waals surface area contributed by atoms with Crippen LogP contribution in [0.3, 0.4) is 0 Å². The first-order chi connectivity index (χ1) is 7.97. The molecule has 1 rings (SSSR count). The van der Waals surface area contributed by atoms with Crippen LogP contribution in [-0.4, -0.2) is 67.4 Å². The molecule has 0 radical (unpaired) electrons. The number of hydrazine groups is 2. The molecule has 100 valence electrons. The van der Waals surface area contributed by atoms with Crippen molar-refractivity contribution in [2.75, 3.05) is 26.7 Å². The lowest BCUT2D eigenvalue weighted by Crippen LogP contribution is -2.71. The van der Waals surface area contributed by atoms with Crippen LogP contribution >= 0.6 is 11.8 Å². The molecule has 17 heavy (non-hydrogen) atoms. The zero-order valence-corrected chi connectivity index (χ0v) is 9.75. The average Bonchev–Trinajstić information content (AvgIpc) is 2.30. The average molecular weight is 270 g/mol. The highest BCUT2D eigenvalue weighted by atomic mass is 35.5. The summed E-state index contributed by atoms with van der Waals surface area (Å²) in [6.45, 7) is -2.42. The third-order valence-corrected chi connectivity index (χ3v) is 3.00. The van der Waals surface area contributed by atoms with E-state index in [4.69, 9.17) is 28.4 Å². The summed E-state index contributed by atoms with van der Waals surface area (Å²) >= 11 is 5.81. The minimum atomic E-state index is -1.64. The summed E-state index contributed by atoms with van der Waals surface area (Å²) in [5.41, 5.74) is 9.92. The first-order valence-electron chi connectivity index (χ1n) is 4.70. The molecule has 0 spiro atoms. The number of halogens is 1. The second-order valence-electron chi connectivity index (χ2n) is 3.43. The van der Waals surface area contributed by atoms with Gasteiger partial charge in [0, 0.05) is 17.3 Å². The molecule has 1 aliphatic rings. The van der Waals surface area contributed by atoms with Crippen LogP contribution in [0, 0.1) is 0 Å². The van der Waals surface area contributed by atoms with Gasteiger partial charge in [-0.25, -0.2) is 5.01 Å². The van der Waals surface area contributed by atoms with E-state index in [0.717, 1.165) is 14.7 Å². The predicted molar refractivity (Wildman–Crippen MR) is 57.8 cm³/mol. The number of aliphatic hydroxyl groups excluding tert-OH is 4. The van der Waals surface area contributed by atoms with Crippen LogP contribution in [0.25, 0.3) is 0 Å².